The fraction of sp³-hybridized carbons (Fsp3) is 0.667. The van der Waals surface area contributed by atoms with Crippen molar-refractivity contribution in [2.24, 2.45) is 11.8 Å². The van der Waals surface area contributed by atoms with Crippen LogP contribution in [0.25, 0.3) is 0 Å². The van der Waals surface area contributed by atoms with Gasteiger partial charge in [-0.3, -0.25) is 0 Å². The first-order valence-corrected chi connectivity index (χ1v) is 8.11. The molecule has 2 atom stereocenters. The quantitative estimate of drug-likeness (QED) is 0.751. The van der Waals surface area contributed by atoms with Crippen LogP contribution in [0.1, 0.15) is 58.6 Å². The number of ether oxygens (including phenoxy) is 1. The molecule has 0 saturated heterocycles. The molecule has 2 rings (SSSR count). The first-order valence-electron chi connectivity index (χ1n) is 8.11. The third-order valence-corrected chi connectivity index (χ3v) is 4.26. The monoisotopic (exact) mass is 275 g/mol. The Morgan fingerprint density at radius 2 is 1.80 bits per heavy atom. The highest BCUT2D eigenvalue weighted by Crippen LogP contribution is 2.31. The molecule has 0 bridgehead atoms. The number of benzene rings is 1. The standard InChI is InChI=1S/C18H29NO/c1-5-12-19-18(14(4)13(2)3)15-6-8-16(9-7-15)20-17-10-11-17/h6-9,13-14,17-19H,5,10-12H2,1-4H3. The van der Waals surface area contributed by atoms with Crippen LogP contribution in [0.15, 0.2) is 24.3 Å². The molecule has 0 radical (unpaired) electrons. The van der Waals surface area contributed by atoms with Crippen LogP contribution in [-0.4, -0.2) is 12.6 Å². The van der Waals surface area contributed by atoms with Crippen molar-refractivity contribution in [2.45, 2.75) is 59.1 Å². The second-order valence-electron chi connectivity index (χ2n) is 6.42. The normalized spacial score (nSPS) is 18.1. The van der Waals surface area contributed by atoms with Gasteiger partial charge in [-0.2, -0.15) is 0 Å². The highest BCUT2D eigenvalue weighted by Gasteiger charge is 2.24. The van der Waals surface area contributed by atoms with Crippen LogP contribution in [0, 0.1) is 11.8 Å². The van der Waals surface area contributed by atoms with Crippen molar-refractivity contribution < 1.29 is 4.74 Å². The summed E-state index contributed by atoms with van der Waals surface area (Å²) >= 11 is 0. The molecule has 0 heterocycles. The summed E-state index contributed by atoms with van der Waals surface area (Å²) in [6.45, 7) is 10.2. The zero-order valence-electron chi connectivity index (χ0n) is 13.4. The molecule has 0 aliphatic heterocycles. The predicted octanol–water partition coefficient (Wildman–Crippen LogP) is 4.56. The Kier molecular flexibility index (Phi) is 5.47. The van der Waals surface area contributed by atoms with Crippen LogP contribution in [0.4, 0.5) is 0 Å². The molecule has 0 spiro atoms. The molecule has 1 aromatic carbocycles. The Balaban J connectivity index is 2.05. The predicted molar refractivity (Wildman–Crippen MR) is 85.1 cm³/mol. The highest BCUT2D eigenvalue weighted by molar-refractivity contribution is 5.30. The number of hydrogen-bond acceptors (Lipinski definition) is 2. The lowest BCUT2D eigenvalue weighted by atomic mass is 9.86. The Morgan fingerprint density at radius 1 is 1.15 bits per heavy atom. The Labute approximate surface area is 123 Å². The van der Waals surface area contributed by atoms with Gasteiger partial charge in [0.15, 0.2) is 0 Å². The lowest BCUT2D eigenvalue weighted by Gasteiger charge is -2.28. The van der Waals surface area contributed by atoms with Crippen LogP contribution in [0.5, 0.6) is 5.75 Å². The zero-order valence-corrected chi connectivity index (χ0v) is 13.4. The highest BCUT2D eigenvalue weighted by atomic mass is 16.5. The Bertz CT molecular complexity index is 394. The van der Waals surface area contributed by atoms with E-state index in [-0.39, 0.29) is 0 Å². The molecule has 1 aliphatic rings. The van der Waals surface area contributed by atoms with Gasteiger partial charge >= 0.3 is 0 Å². The molecule has 0 aromatic heterocycles. The number of hydrogen-bond donors (Lipinski definition) is 1. The molecule has 112 valence electrons. The summed E-state index contributed by atoms with van der Waals surface area (Å²) < 4.78 is 5.83. The van der Waals surface area contributed by atoms with Crippen LogP contribution < -0.4 is 10.1 Å². The van der Waals surface area contributed by atoms with Gasteiger partial charge in [-0.15, -0.1) is 0 Å². The van der Waals surface area contributed by atoms with Crippen molar-refractivity contribution >= 4 is 0 Å². The Hall–Kier alpha value is -1.02. The average molecular weight is 275 g/mol. The van der Waals surface area contributed by atoms with Crippen LogP contribution in [0.2, 0.25) is 0 Å². The fourth-order valence-electron chi connectivity index (χ4n) is 2.42. The van der Waals surface area contributed by atoms with Gasteiger partial charge in [-0.05, 0) is 55.3 Å². The molecular weight excluding hydrogens is 246 g/mol. The summed E-state index contributed by atoms with van der Waals surface area (Å²) in [4.78, 5) is 0. The van der Waals surface area contributed by atoms with E-state index in [2.05, 4.69) is 57.3 Å². The minimum Gasteiger partial charge on any atom is -0.490 e. The SMILES string of the molecule is CCCNC(c1ccc(OC2CC2)cc1)C(C)C(C)C. The number of rotatable bonds is 8. The van der Waals surface area contributed by atoms with Crippen LogP contribution >= 0.6 is 0 Å². The first kappa shape index (κ1) is 15.4. The van der Waals surface area contributed by atoms with Crippen molar-refractivity contribution in [3.8, 4) is 5.75 Å². The fourth-order valence-corrected chi connectivity index (χ4v) is 2.42. The third-order valence-electron chi connectivity index (χ3n) is 4.26. The summed E-state index contributed by atoms with van der Waals surface area (Å²) in [6.07, 6.45) is 4.08. The molecular formula is C18H29NO. The Morgan fingerprint density at radius 3 is 2.30 bits per heavy atom. The smallest absolute Gasteiger partial charge is 0.119 e. The minimum atomic E-state index is 0.435. The van der Waals surface area contributed by atoms with E-state index in [4.69, 9.17) is 4.74 Å². The second kappa shape index (κ2) is 7.12. The molecule has 2 heteroatoms. The first-order chi connectivity index (χ1) is 9.61. The largest absolute Gasteiger partial charge is 0.490 e. The van der Waals surface area contributed by atoms with Crippen molar-refractivity contribution in [1.29, 1.82) is 0 Å². The number of nitrogens with one attached hydrogen (secondary N) is 1. The average Bonchev–Trinajstić information content (AvgIpc) is 3.24. The van der Waals surface area contributed by atoms with E-state index in [1.54, 1.807) is 0 Å². The maximum atomic E-state index is 5.83. The van der Waals surface area contributed by atoms with Gasteiger partial charge in [0.1, 0.15) is 5.75 Å². The molecule has 2 nitrogen and oxygen atoms in total. The molecule has 1 fully saturated rings. The maximum absolute atomic E-state index is 5.83. The molecule has 20 heavy (non-hydrogen) atoms. The van der Waals surface area contributed by atoms with Gasteiger partial charge in [0.05, 0.1) is 6.10 Å². The van der Waals surface area contributed by atoms with Gasteiger partial charge in [-0.1, -0.05) is 39.8 Å². The van der Waals surface area contributed by atoms with Gasteiger partial charge in [0, 0.05) is 6.04 Å². The lowest BCUT2D eigenvalue weighted by Crippen LogP contribution is -2.30. The minimum absolute atomic E-state index is 0.435. The van der Waals surface area contributed by atoms with Gasteiger partial charge in [0.2, 0.25) is 0 Å². The third kappa shape index (κ3) is 4.24. The van der Waals surface area contributed by atoms with E-state index in [0.29, 0.717) is 24.0 Å². The molecule has 1 saturated carbocycles. The van der Waals surface area contributed by atoms with E-state index in [1.807, 2.05) is 0 Å². The van der Waals surface area contributed by atoms with E-state index in [9.17, 15) is 0 Å². The summed E-state index contributed by atoms with van der Waals surface area (Å²) in [5.74, 6) is 2.31. The van der Waals surface area contributed by atoms with E-state index in [1.165, 1.54) is 24.8 Å². The van der Waals surface area contributed by atoms with E-state index < -0.39 is 0 Å². The van der Waals surface area contributed by atoms with Gasteiger partial charge in [0.25, 0.3) is 0 Å². The van der Waals surface area contributed by atoms with Crippen molar-refractivity contribution in [3.63, 3.8) is 0 Å². The van der Waals surface area contributed by atoms with Crippen molar-refractivity contribution in [3.05, 3.63) is 29.8 Å². The lowest BCUT2D eigenvalue weighted by molar-refractivity contribution is 0.298. The summed E-state index contributed by atoms with van der Waals surface area (Å²) in [7, 11) is 0. The maximum Gasteiger partial charge on any atom is 0.119 e. The summed E-state index contributed by atoms with van der Waals surface area (Å²) in [5.41, 5.74) is 1.38. The van der Waals surface area contributed by atoms with E-state index >= 15 is 0 Å². The summed E-state index contributed by atoms with van der Waals surface area (Å²) in [6, 6.07) is 9.14. The molecule has 1 N–H and O–H groups in total. The molecule has 2 unspecified atom stereocenters. The van der Waals surface area contributed by atoms with Crippen molar-refractivity contribution in [2.75, 3.05) is 6.54 Å². The zero-order chi connectivity index (χ0) is 14.5. The van der Waals surface area contributed by atoms with Crippen molar-refractivity contribution in [1.82, 2.24) is 5.32 Å². The van der Waals surface area contributed by atoms with Crippen LogP contribution in [0.3, 0.4) is 0 Å². The van der Waals surface area contributed by atoms with Crippen LogP contribution in [-0.2, 0) is 0 Å². The molecule has 1 aliphatic carbocycles. The summed E-state index contributed by atoms with van der Waals surface area (Å²) in [5, 5.41) is 3.70. The second-order valence-corrected chi connectivity index (χ2v) is 6.42. The molecule has 0 amide bonds. The van der Waals surface area contributed by atoms with E-state index in [0.717, 1.165) is 12.3 Å². The van der Waals surface area contributed by atoms with Gasteiger partial charge < -0.3 is 10.1 Å². The molecule has 1 aromatic rings. The van der Waals surface area contributed by atoms with Gasteiger partial charge in [-0.25, -0.2) is 0 Å². The topological polar surface area (TPSA) is 21.3 Å².